The van der Waals surface area contributed by atoms with E-state index in [1.807, 2.05) is 0 Å². The summed E-state index contributed by atoms with van der Waals surface area (Å²) in [7, 11) is 1.29. The monoisotopic (exact) mass is 249 g/mol. The van der Waals surface area contributed by atoms with E-state index < -0.39 is 5.97 Å². The second-order valence-electron chi connectivity index (χ2n) is 3.63. The van der Waals surface area contributed by atoms with Crippen molar-refractivity contribution >= 4 is 11.7 Å². The van der Waals surface area contributed by atoms with E-state index in [2.05, 4.69) is 10.1 Å². The second-order valence-corrected chi connectivity index (χ2v) is 3.63. The Morgan fingerprint density at radius 3 is 3.00 bits per heavy atom. The van der Waals surface area contributed by atoms with Gasteiger partial charge in [-0.15, -0.1) is 0 Å². The number of methoxy groups -OCH3 is 1. The average molecular weight is 249 g/mol. The van der Waals surface area contributed by atoms with Gasteiger partial charge in [-0.25, -0.2) is 9.18 Å². The van der Waals surface area contributed by atoms with Crippen LogP contribution >= 0.6 is 0 Å². The van der Waals surface area contributed by atoms with E-state index >= 15 is 0 Å². The summed E-state index contributed by atoms with van der Waals surface area (Å²) >= 11 is 0. The predicted molar refractivity (Wildman–Crippen MR) is 63.8 cm³/mol. The number of halogens is 1. The van der Waals surface area contributed by atoms with E-state index in [9.17, 15) is 9.18 Å². The zero-order valence-corrected chi connectivity index (χ0v) is 9.77. The fourth-order valence-electron chi connectivity index (χ4n) is 1.54. The smallest absolute Gasteiger partial charge is 0.374 e. The van der Waals surface area contributed by atoms with Crippen LogP contribution in [0.5, 0.6) is 0 Å². The maximum absolute atomic E-state index is 13.0. The molecular formula is C13H12FNO3. The number of carbonyl (C=O) groups is 1. The van der Waals surface area contributed by atoms with Gasteiger partial charge in [-0.05, 0) is 24.3 Å². The van der Waals surface area contributed by atoms with E-state index in [0.29, 0.717) is 17.8 Å². The molecule has 0 amide bonds. The predicted octanol–water partition coefficient (Wildman–Crippen LogP) is 2.82. The van der Waals surface area contributed by atoms with Gasteiger partial charge in [-0.3, -0.25) is 0 Å². The van der Waals surface area contributed by atoms with Crippen molar-refractivity contribution < 1.29 is 18.3 Å². The van der Waals surface area contributed by atoms with Gasteiger partial charge in [0.05, 0.1) is 13.4 Å². The molecule has 0 aliphatic heterocycles. The Labute approximate surface area is 103 Å². The molecule has 0 radical (unpaired) electrons. The van der Waals surface area contributed by atoms with Gasteiger partial charge in [0.25, 0.3) is 0 Å². The molecule has 0 aliphatic carbocycles. The van der Waals surface area contributed by atoms with Crippen LogP contribution in [0.4, 0.5) is 10.1 Å². The molecule has 18 heavy (non-hydrogen) atoms. The van der Waals surface area contributed by atoms with Gasteiger partial charge in [-0.2, -0.15) is 0 Å². The Morgan fingerprint density at radius 2 is 2.28 bits per heavy atom. The maximum atomic E-state index is 13.0. The van der Waals surface area contributed by atoms with Crippen LogP contribution in [0.2, 0.25) is 0 Å². The van der Waals surface area contributed by atoms with Crippen molar-refractivity contribution in [3.8, 4) is 0 Å². The highest BCUT2D eigenvalue weighted by Crippen LogP contribution is 2.15. The minimum Gasteiger partial charge on any atom is -0.463 e. The second kappa shape index (κ2) is 5.35. The van der Waals surface area contributed by atoms with Crippen LogP contribution in [0.25, 0.3) is 0 Å². The summed E-state index contributed by atoms with van der Waals surface area (Å²) in [4.78, 5) is 11.4. The van der Waals surface area contributed by atoms with Crippen LogP contribution in [0.3, 0.4) is 0 Å². The number of hydrogen-bond donors (Lipinski definition) is 1. The number of rotatable bonds is 4. The summed E-state index contributed by atoms with van der Waals surface area (Å²) in [5, 5.41) is 3.00. The van der Waals surface area contributed by atoms with Gasteiger partial charge in [-0.1, -0.05) is 6.07 Å². The van der Waals surface area contributed by atoms with Gasteiger partial charge >= 0.3 is 5.97 Å². The Balaban J connectivity index is 2.07. The van der Waals surface area contributed by atoms with Crippen LogP contribution in [-0.4, -0.2) is 13.1 Å². The minimum absolute atomic E-state index is 0.154. The van der Waals surface area contributed by atoms with Crippen molar-refractivity contribution in [2.45, 2.75) is 6.54 Å². The third-order valence-corrected chi connectivity index (χ3v) is 2.43. The van der Waals surface area contributed by atoms with Crippen molar-refractivity contribution in [2.75, 3.05) is 12.4 Å². The SMILES string of the molecule is COC(=O)c1occc1CNc1cccc(F)c1. The number of ether oxygens (including phenoxy) is 1. The van der Waals surface area contributed by atoms with Gasteiger partial charge in [0.2, 0.25) is 5.76 Å². The van der Waals surface area contributed by atoms with Crippen LogP contribution in [0.1, 0.15) is 16.1 Å². The van der Waals surface area contributed by atoms with Crippen LogP contribution < -0.4 is 5.32 Å². The summed E-state index contributed by atoms with van der Waals surface area (Å²) in [6.07, 6.45) is 1.41. The zero-order valence-electron chi connectivity index (χ0n) is 9.77. The normalized spacial score (nSPS) is 10.1. The zero-order chi connectivity index (χ0) is 13.0. The van der Waals surface area contributed by atoms with E-state index in [1.165, 1.54) is 25.5 Å². The quantitative estimate of drug-likeness (QED) is 0.846. The number of carbonyl (C=O) groups excluding carboxylic acids is 1. The molecule has 0 aliphatic rings. The minimum atomic E-state index is -0.531. The molecule has 0 fully saturated rings. The van der Waals surface area contributed by atoms with Crippen LogP contribution in [-0.2, 0) is 11.3 Å². The molecular weight excluding hydrogens is 237 g/mol. The highest BCUT2D eigenvalue weighted by atomic mass is 19.1. The molecule has 2 rings (SSSR count). The average Bonchev–Trinajstić information content (AvgIpc) is 2.84. The summed E-state index contributed by atoms with van der Waals surface area (Å²) in [6, 6.07) is 7.74. The topological polar surface area (TPSA) is 51.5 Å². The van der Waals surface area contributed by atoms with E-state index in [1.54, 1.807) is 18.2 Å². The highest BCUT2D eigenvalue weighted by molar-refractivity contribution is 5.87. The van der Waals surface area contributed by atoms with Crippen LogP contribution in [0.15, 0.2) is 41.0 Å². The first-order valence-electron chi connectivity index (χ1n) is 5.35. The van der Waals surface area contributed by atoms with E-state index in [-0.39, 0.29) is 11.6 Å². The molecule has 1 heterocycles. The number of anilines is 1. The van der Waals surface area contributed by atoms with Crippen molar-refractivity contribution in [1.82, 2.24) is 0 Å². The van der Waals surface area contributed by atoms with Crippen LogP contribution in [0, 0.1) is 5.82 Å². The Hall–Kier alpha value is -2.30. The van der Waals surface area contributed by atoms with E-state index in [0.717, 1.165) is 0 Å². The van der Waals surface area contributed by atoms with Gasteiger partial charge in [0, 0.05) is 17.8 Å². The van der Waals surface area contributed by atoms with E-state index in [4.69, 9.17) is 4.42 Å². The van der Waals surface area contributed by atoms with Gasteiger partial charge in [0.1, 0.15) is 5.82 Å². The summed E-state index contributed by atoms with van der Waals surface area (Å²) < 4.78 is 22.6. The summed E-state index contributed by atoms with van der Waals surface area (Å²) in [6.45, 7) is 0.352. The van der Waals surface area contributed by atoms with Gasteiger partial charge in [0.15, 0.2) is 0 Å². The largest absolute Gasteiger partial charge is 0.463 e. The number of esters is 1. The number of furan rings is 1. The Morgan fingerprint density at radius 1 is 1.44 bits per heavy atom. The summed E-state index contributed by atoms with van der Waals surface area (Å²) in [5.41, 5.74) is 1.29. The molecule has 5 heteroatoms. The maximum Gasteiger partial charge on any atom is 0.374 e. The molecule has 2 aromatic rings. The van der Waals surface area contributed by atoms with Crippen molar-refractivity contribution in [3.63, 3.8) is 0 Å². The Kier molecular flexibility index (Phi) is 3.62. The fourth-order valence-corrected chi connectivity index (χ4v) is 1.54. The molecule has 0 spiro atoms. The molecule has 0 unspecified atom stereocenters. The third kappa shape index (κ3) is 2.68. The third-order valence-electron chi connectivity index (χ3n) is 2.43. The number of benzene rings is 1. The Bertz CT molecular complexity index is 551. The first-order valence-corrected chi connectivity index (χ1v) is 5.35. The summed E-state index contributed by atoms with van der Waals surface area (Å²) in [5.74, 6) is -0.696. The molecule has 0 saturated carbocycles. The lowest BCUT2D eigenvalue weighted by Crippen LogP contribution is -2.06. The molecule has 94 valence electrons. The lowest BCUT2D eigenvalue weighted by Gasteiger charge is -2.05. The number of hydrogen-bond acceptors (Lipinski definition) is 4. The molecule has 1 N–H and O–H groups in total. The van der Waals surface area contributed by atoms with Gasteiger partial charge < -0.3 is 14.5 Å². The molecule has 1 aromatic carbocycles. The van der Waals surface area contributed by atoms with Crippen molar-refractivity contribution in [1.29, 1.82) is 0 Å². The fraction of sp³-hybridized carbons (Fsp3) is 0.154. The standard InChI is InChI=1S/C13H12FNO3/c1-17-13(16)12-9(5-6-18-12)8-15-11-4-2-3-10(14)7-11/h2-7,15H,8H2,1H3. The molecule has 4 nitrogen and oxygen atoms in total. The first-order chi connectivity index (χ1) is 8.70. The lowest BCUT2D eigenvalue weighted by molar-refractivity contribution is 0.0563. The molecule has 0 bridgehead atoms. The highest BCUT2D eigenvalue weighted by Gasteiger charge is 2.15. The molecule has 0 atom stereocenters. The first kappa shape index (κ1) is 12.2. The lowest BCUT2D eigenvalue weighted by atomic mass is 10.2. The van der Waals surface area contributed by atoms with Crippen molar-refractivity contribution in [3.05, 3.63) is 53.7 Å². The molecule has 0 saturated heterocycles. The molecule has 1 aromatic heterocycles. The number of nitrogens with one attached hydrogen (secondary N) is 1. The van der Waals surface area contributed by atoms with Crippen molar-refractivity contribution in [2.24, 2.45) is 0 Å².